The van der Waals surface area contributed by atoms with Gasteiger partial charge in [-0.25, -0.2) is 13.4 Å². The summed E-state index contributed by atoms with van der Waals surface area (Å²) in [5.74, 6) is 0.952. The summed E-state index contributed by atoms with van der Waals surface area (Å²) in [6.45, 7) is 3.94. The highest BCUT2D eigenvalue weighted by Gasteiger charge is 2.24. The zero-order valence-corrected chi connectivity index (χ0v) is 16.1. The first-order valence-corrected chi connectivity index (χ1v) is 10.1. The van der Waals surface area contributed by atoms with Crippen LogP contribution in [0.4, 0.5) is 11.5 Å². The third-order valence-electron chi connectivity index (χ3n) is 4.04. The van der Waals surface area contributed by atoms with Crippen LogP contribution in [0.1, 0.15) is 23.4 Å². The van der Waals surface area contributed by atoms with Gasteiger partial charge in [-0.2, -0.15) is 0 Å². The Balaban J connectivity index is 1.54. The Morgan fingerprint density at radius 1 is 1.07 bits per heavy atom. The largest absolute Gasteiger partial charge is 0.370 e. The molecule has 0 atom stereocenters. The van der Waals surface area contributed by atoms with E-state index in [-0.39, 0.29) is 10.7 Å². The fraction of sp³-hybridized carbons (Fsp3) is 0.263. The van der Waals surface area contributed by atoms with Crippen LogP contribution in [0.3, 0.4) is 0 Å². The van der Waals surface area contributed by atoms with Gasteiger partial charge in [-0.15, -0.1) is 0 Å². The van der Waals surface area contributed by atoms with Crippen molar-refractivity contribution in [2.75, 3.05) is 16.6 Å². The van der Waals surface area contributed by atoms with Crippen LogP contribution in [0, 0.1) is 13.8 Å². The van der Waals surface area contributed by atoms with Crippen molar-refractivity contribution >= 4 is 21.5 Å². The van der Waals surface area contributed by atoms with Gasteiger partial charge in [0.1, 0.15) is 11.5 Å². The molecule has 0 aliphatic rings. The smallest absolute Gasteiger partial charge is 0.267 e. The summed E-state index contributed by atoms with van der Waals surface area (Å²) in [5, 5.41) is 6.92. The molecular formula is C19H22N4O3S. The molecule has 0 radical (unpaired) electrons. The molecule has 0 amide bonds. The molecule has 0 fully saturated rings. The van der Waals surface area contributed by atoms with Gasteiger partial charge in [-0.3, -0.25) is 4.72 Å². The minimum absolute atomic E-state index is 0.0608. The second-order valence-electron chi connectivity index (χ2n) is 6.21. The van der Waals surface area contributed by atoms with Crippen LogP contribution in [-0.4, -0.2) is 25.1 Å². The van der Waals surface area contributed by atoms with E-state index < -0.39 is 10.0 Å². The molecule has 0 spiro atoms. The molecule has 3 aromatic rings. The van der Waals surface area contributed by atoms with Crippen molar-refractivity contribution in [2.24, 2.45) is 0 Å². The maximum atomic E-state index is 12.5. The lowest BCUT2D eigenvalue weighted by atomic mass is 10.1. The average molecular weight is 386 g/mol. The highest BCUT2D eigenvalue weighted by atomic mass is 32.2. The Labute approximate surface area is 158 Å². The van der Waals surface area contributed by atoms with E-state index >= 15 is 0 Å². The number of benzene rings is 1. The van der Waals surface area contributed by atoms with Gasteiger partial charge in [0.25, 0.3) is 10.0 Å². The van der Waals surface area contributed by atoms with Gasteiger partial charge in [0.05, 0.1) is 11.9 Å². The molecule has 0 saturated heterocycles. The van der Waals surface area contributed by atoms with E-state index in [0.29, 0.717) is 17.2 Å². The first-order chi connectivity index (χ1) is 13.0. The number of aryl methyl sites for hydroxylation is 3. The maximum Gasteiger partial charge on any atom is 0.267 e. The van der Waals surface area contributed by atoms with E-state index in [9.17, 15) is 8.42 Å². The maximum absolute atomic E-state index is 12.5. The standard InChI is InChI=1S/C19H22N4O3S/c1-14-19(15(2)26-22-14)27(24,25)23-17-10-11-18(21-13-17)20-12-6-9-16-7-4-3-5-8-16/h3-5,7-8,10-11,13,23H,6,9,12H2,1-2H3,(H,20,21). The van der Waals surface area contributed by atoms with Gasteiger partial charge >= 0.3 is 0 Å². The molecule has 2 N–H and O–H groups in total. The van der Waals surface area contributed by atoms with Gasteiger partial charge in [0.15, 0.2) is 10.7 Å². The number of hydrogen-bond donors (Lipinski definition) is 2. The molecule has 1 aromatic carbocycles. The Bertz CT molecular complexity index is 964. The number of nitrogens with one attached hydrogen (secondary N) is 2. The van der Waals surface area contributed by atoms with Crippen molar-refractivity contribution in [1.29, 1.82) is 0 Å². The van der Waals surface area contributed by atoms with E-state index in [1.54, 1.807) is 26.0 Å². The number of aromatic nitrogens is 2. The predicted octanol–water partition coefficient (Wildman–Crippen LogP) is 3.53. The third kappa shape index (κ3) is 4.85. The predicted molar refractivity (Wildman–Crippen MR) is 104 cm³/mol. The van der Waals surface area contributed by atoms with Crippen LogP contribution in [-0.2, 0) is 16.4 Å². The van der Waals surface area contributed by atoms with E-state index in [4.69, 9.17) is 4.52 Å². The number of pyridine rings is 1. The topological polar surface area (TPSA) is 97.1 Å². The Kier molecular flexibility index (Phi) is 5.75. The zero-order valence-electron chi connectivity index (χ0n) is 15.3. The molecule has 0 saturated carbocycles. The fourth-order valence-corrected chi connectivity index (χ4v) is 4.15. The number of hydrogen-bond acceptors (Lipinski definition) is 6. The Hall–Kier alpha value is -2.87. The molecule has 7 nitrogen and oxygen atoms in total. The van der Waals surface area contributed by atoms with Crippen molar-refractivity contribution in [1.82, 2.24) is 10.1 Å². The van der Waals surface area contributed by atoms with Gasteiger partial charge < -0.3 is 9.84 Å². The number of nitrogens with zero attached hydrogens (tertiary/aromatic N) is 2. The first-order valence-electron chi connectivity index (χ1n) is 8.65. The Morgan fingerprint density at radius 2 is 1.85 bits per heavy atom. The number of rotatable bonds is 8. The molecule has 0 unspecified atom stereocenters. The summed E-state index contributed by atoms with van der Waals surface area (Å²) in [5.41, 5.74) is 2.01. The summed E-state index contributed by atoms with van der Waals surface area (Å²) in [6.07, 6.45) is 3.45. The van der Waals surface area contributed by atoms with Crippen LogP contribution >= 0.6 is 0 Å². The lowest BCUT2D eigenvalue weighted by Gasteiger charge is -2.09. The third-order valence-corrected chi connectivity index (χ3v) is 5.67. The van der Waals surface area contributed by atoms with Crippen molar-refractivity contribution in [3.63, 3.8) is 0 Å². The first kappa shape index (κ1) is 18.9. The minimum atomic E-state index is -3.76. The molecular weight excluding hydrogens is 364 g/mol. The van der Waals surface area contributed by atoms with E-state index in [0.717, 1.165) is 19.4 Å². The molecule has 27 heavy (non-hydrogen) atoms. The van der Waals surface area contributed by atoms with Crippen molar-refractivity contribution in [3.05, 3.63) is 65.7 Å². The molecule has 2 heterocycles. The van der Waals surface area contributed by atoms with Crippen molar-refractivity contribution in [2.45, 2.75) is 31.6 Å². The average Bonchev–Trinajstić information content (AvgIpc) is 3.00. The van der Waals surface area contributed by atoms with Gasteiger partial charge in [-0.05, 0) is 44.4 Å². The lowest BCUT2D eigenvalue weighted by Crippen LogP contribution is -2.14. The Morgan fingerprint density at radius 3 is 2.48 bits per heavy atom. The van der Waals surface area contributed by atoms with Crippen LogP contribution in [0.5, 0.6) is 0 Å². The lowest BCUT2D eigenvalue weighted by molar-refractivity contribution is 0.390. The van der Waals surface area contributed by atoms with E-state index in [1.807, 2.05) is 18.2 Å². The van der Waals surface area contributed by atoms with Crippen LogP contribution in [0.2, 0.25) is 0 Å². The zero-order chi connectivity index (χ0) is 19.3. The SMILES string of the molecule is Cc1noc(C)c1S(=O)(=O)Nc1ccc(NCCCc2ccccc2)nc1. The van der Waals surface area contributed by atoms with Crippen LogP contribution in [0.25, 0.3) is 0 Å². The highest BCUT2D eigenvalue weighted by molar-refractivity contribution is 7.92. The molecule has 2 aromatic heterocycles. The summed E-state index contributed by atoms with van der Waals surface area (Å²) >= 11 is 0. The highest BCUT2D eigenvalue weighted by Crippen LogP contribution is 2.22. The second-order valence-corrected chi connectivity index (χ2v) is 7.83. The van der Waals surface area contributed by atoms with Gasteiger partial charge in [-0.1, -0.05) is 35.5 Å². The minimum Gasteiger partial charge on any atom is -0.370 e. The summed E-state index contributed by atoms with van der Waals surface area (Å²) in [6, 6.07) is 13.7. The summed E-state index contributed by atoms with van der Waals surface area (Å²) in [7, 11) is -3.76. The van der Waals surface area contributed by atoms with Crippen molar-refractivity contribution < 1.29 is 12.9 Å². The number of sulfonamides is 1. The molecule has 0 aliphatic heterocycles. The molecule has 0 bridgehead atoms. The quantitative estimate of drug-likeness (QED) is 0.575. The van der Waals surface area contributed by atoms with E-state index in [1.165, 1.54) is 11.8 Å². The van der Waals surface area contributed by atoms with E-state index in [2.05, 4.69) is 32.3 Å². The summed E-state index contributed by atoms with van der Waals surface area (Å²) < 4.78 is 32.4. The second kappa shape index (κ2) is 8.22. The number of anilines is 2. The monoisotopic (exact) mass is 386 g/mol. The van der Waals surface area contributed by atoms with Crippen LogP contribution < -0.4 is 10.0 Å². The molecule has 8 heteroatoms. The van der Waals surface area contributed by atoms with Gasteiger partial charge in [0.2, 0.25) is 0 Å². The fourth-order valence-electron chi connectivity index (χ4n) is 2.78. The molecule has 142 valence electrons. The normalized spacial score (nSPS) is 11.3. The summed E-state index contributed by atoms with van der Waals surface area (Å²) in [4.78, 5) is 4.32. The molecule has 0 aliphatic carbocycles. The van der Waals surface area contributed by atoms with Crippen LogP contribution in [0.15, 0.2) is 58.1 Å². The van der Waals surface area contributed by atoms with Gasteiger partial charge in [0, 0.05) is 6.54 Å². The molecule has 3 rings (SSSR count). The van der Waals surface area contributed by atoms with Crippen molar-refractivity contribution in [3.8, 4) is 0 Å².